The first kappa shape index (κ1) is 15.5. The van der Waals surface area contributed by atoms with Crippen molar-refractivity contribution in [2.24, 2.45) is 0 Å². The molecule has 0 aromatic carbocycles. The third-order valence-electron chi connectivity index (χ3n) is 4.00. The third-order valence-corrected chi connectivity index (χ3v) is 4.00. The zero-order chi connectivity index (χ0) is 15.4. The van der Waals surface area contributed by atoms with Gasteiger partial charge in [-0.25, -0.2) is 0 Å². The van der Waals surface area contributed by atoms with Gasteiger partial charge in [0.05, 0.1) is 5.56 Å². The molecule has 4 heteroatoms. The molecule has 1 amide bonds. The molecule has 1 aliphatic rings. The first-order chi connectivity index (χ1) is 9.99. The van der Waals surface area contributed by atoms with Crippen LogP contribution >= 0.6 is 0 Å². The highest BCUT2D eigenvalue weighted by atomic mass is 16.2. The predicted octanol–water partition coefficient (Wildman–Crippen LogP) is 3.12. The highest BCUT2D eigenvalue weighted by molar-refractivity contribution is 5.95. The van der Waals surface area contributed by atoms with E-state index in [9.17, 15) is 9.59 Å². The average Bonchev–Trinajstić information content (AvgIpc) is 2.47. The van der Waals surface area contributed by atoms with Gasteiger partial charge in [-0.05, 0) is 44.6 Å². The van der Waals surface area contributed by atoms with Crippen LogP contribution in [0.2, 0.25) is 0 Å². The van der Waals surface area contributed by atoms with E-state index in [0.717, 1.165) is 12.8 Å². The van der Waals surface area contributed by atoms with Gasteiger partial charge in [0.25, 0.3) is 5.91 Å². The van der Waals surface area contributed by atoms with E-state index in [1.165, 1.54) is 24.5 Å². The molecule has 1 aromatic heterocycles. The summed E-state index contributed by atoms with van der Waals surface area (Å²) in [4.78, 5) is 26.7. The zero-order valence-corrected chi connectivity index (χ0v) is 13.0. The Morgan fingerprint density at radius 3 is 2.62 bits per heavy atom. The van der Waals surface area contributed by atoms with Crippen molar-refractivity contribution in [2.75, 3.05) is 0 Å². The molecule has 0 spiro atoms. The zero-order valence-electron chi connectivity index (χ0n) is 13.0. The summed E-state index contributed by atoms with van der Waals surface area (Å²) in [6, 6.07) is 3.07. The Bertz CT molecular complexity index is 599. The van der Waals surface area contributed by atoms with E-state index in [0.29, 0.717) is 11.3 Å². The van der Waals surface area contributed by atoms with E-state index in [1.54, 1.807) is 6.07 Å². The van der Waals surface area contributed by atoms with Gasteiger partial charge in [0.15, 0.2) is 0 Å². The second kappa shape index (κ2) is 6.74. The molecule has 1 aliphatic carbocycles. The molecular weight excluding hydrogens is 264 g/mol. The van der Waals surface area contributed by atoms with Gasteiger partial charge < -0.3 is 10.3 Å². The number of carbonyl (C=O) groups is 1. The van der Waals surface area contributed by atoms with Crippen molar-refractivity contribution in [2.45, 2.75) is 58.4 Å². The van der Waals surface area contributed by atoms with E-state index in [-0.39, 0.29) is 23.4 Å². The Kier molecular flexibility index (Phi) is 4.99. The van der Waals surface area contributed by atoms with Crippen molar-refractivity contribution in [3.05, 3.63) is 45.4 Å². The number of rotatable bonds is 4. The van der Waals surface area contributed by atoms with Crippen molar-refractivity contribution in [3.8, 4) is 0 Å². The number of amides is 1. The van der Waals surface area contributed by atoms with Crippen LogP contribution in [-0.2, 0) is 0 Å². The van der Waals surface area contributed by atoms with Crippen LogP contribution in [0.1, 0.15) is 68.4 Å². The summed E-state index contributed by atoms with van der Waals surface area (Å²) in [5.74, 6) is -0.0159. The quantitative estimate of drug-likeness (QED) is 0.836. The van der Waals surface area contributed by atoms with Crippen molar-refractivity contribution in [1.82, 2.24) is 10.3 Å². The minimum absolute atomic E-state index is 0.0461. The fraction of sp³-hybridized carbons (Fsp3) is 0.529. The molecule has 0 saturated carbocycles. The molecule has 0 aliphatic heterocycles. The molecule has 1 unspecified atom stereocenters. The van der Waals surface area contributed by atoms with Gasteiger partial charge >= 0.3 is 0 Å². The summed E-state index contributed by atoms with van der Waals surface area (Å²) in [7, 11) is 0. The fourth-order valence-electron chi connectivity index (χ4n) is 2.77. The Labute approximate surface area is 125 Å². The average molecular weight is 288 g/mol. The van der Waals surface area contributed by atoms with Gasteiger partial charge in [-0.15, -0.1) is 0 Å². The summed E-state index contributed by atoms with van der Waals surface area (Å²) in [5, 5.41) is 3.05. The van der Waals surface area contributed by atoms with Crippen LogP contribution in [0.4, 0.5) is 0 Å². The number of allylic oxidation sites excluding steroid dienone is 1. The van der Waals surface area contributed by atoms with Gasteiger partial charge in [0, 0.05) is 17.8 Å². The number of hydrogen-bond donors (Lipinski definition) is 2. The van der Waals surface area contributed by atoms with Crippen molar-refractivity contribution < 1.29 is 4.79 Å². The van der Waals surface area contributed by atoms with E-state index in [4.69, 9.17) is 0 Å². The first-order valence-electron chi connectivity index (χ1n) is 7.72. The number of hydrogen-bond acceptors (Lipinski definition) is 2. The molecule has 1 heterocycles. The van der Waals surface area contributed by atoms with Crippen LogP contribution in [-0.4, -0.2) is 16.9 Å². The van der Waals surface area contributed by atoms with Gasteiger partial charge in [-0.3, -0.25) is 9.59 Å². The number of aromatic amines is 1. The van der Waals surface area contributed by atoms with E-state index < -0.39 is 0 Å². The van der Waals surface area contributed by atoms with Crippen LogP contribution in [0.25, 0.3) is 0 Å². The fourth-order valence-corrected chi connectivity index (χ4v) is 2.77. The van der Waals surface area contributed by atoms with Gasteiger partial charge in [0.1, 0.15) is 0 Å². The Morgan fingerprint density at radius 1 is 1.24 bits per heavy atom. The molecule has 0 bridgehead atoms. The minimum Gasteiger partial charge on any atom is -0.346 e. The van der Waals surface area contributed by atoms with Crippen LogP contribution in [0.5, 0.6) is 0 Å². The summed E-state index contributed by atoms with van der Waals surface area (Å²) >= 11 is 0. The third kappa shape index (κ3) is 3.84. The van der Waals surface area contributed by atoms with Crippen LogP contribution in [0.3, 0.4) is 0 Å². The van der Waals surface area contributed by atoms with Crippen LogP contribution < -0.4 is 10.9 Å². The number of carbonyl (C=O) groups excluding carboxylic acids is 1. The monoisotopic (exact) mass is 288 g/mol. The second-order valence-corrected chi connectivity index (χ2v) is 6.02. The van der Waals surface area contributed by atoms with E-state index in [1.807, 2.05) is 20.8 Å². The Hall–Kier alpha value is -1.84. The molecule has 21 heavy (non-hydrogen) atoms. The van der Waals surface area contributed by atoms with E-state index >= 15 is 0 Å². The van der Waals surface area contributed by atoms with Gasteiger partial charge in [0.2, 0.25) is 5.56 Å². The van der Waals surface area contributed by atoms with E-state index in [2.05, 4.69) is 16.4 Å². The lowest BCUT2D eigenvalue weighted by Gasteiger charge is -2.21. The largest absolute Gasteiger partial charge is 0.346 e. The maximum Gasteiger partial charge on any atom is 0.253 e. The summed E-state index contributed by atoms with van der Waals surface area (Å²) in [6.45, 7) is 5.96. The molecule has 0 fully saturated rings. The SMILES string of the molecule is CC(NC(=O)c1ccc(=O)[nH]c1C(C)C)C1=CCCCC1. The van der Waals surface area contributed by atoms with Crippen molar-refractivity contribution in [1.29, 1.82) is 0 Å². The normalized spacial score (nSPS) is 16.5. The lowest BCUT2D eigenvalue weighted by molar-refractivity contribution is 0.0942. The van der Waals surface area contributed by atoms with Crippen LogP contribution in [0.15, 0.2) is 28.6 Å². The number of H-pyrrole nitrogens is 1. The molecular formula is C17H24N2O2. The van der Waals surface area contributed by atoms with Crippen molar-refractivity contribution in [3.63, 3.8) is 0 Å². The molecule has 1 aromatic rings. The predicted molar refractivity (Wildman–Crippen MR) is 84.6 cm³/mol. The Morgan fingerprint density at radius 2 is 2.00 bits per heavy atom. The smallest absolute Gasteiger partial charge is 0.253 e. The van der Waals surface area contributed by atoms with Gasteiger partial charge in [-0.2, -0.15) is 0 Å². The molecule has 2 rings (SSSR count). The summed E-state index contributed by atoms with van der Waals surface area (Å²) < 4.78 is 0. The molecule has 4 nitrogen and oxygen atoms in total. The minimum atomic E-state index is -0.168. The maximum atomic E-state index is 12.5. The number of nitrogens with one attached hydrogen (secondary N) is 2. The lowest BCUT2D eigenvalue weighted by Crippen LogP contribution is -2.35. The summed E-state index contributed by atoms with van der Waals surface area (Å²) in [5.41, 5.74) is 2.40. The topological polar surface area (TPSA) is 62.0 Å². The molecule has 114 valence electrons. The molecule has 2 N–H and O–H groups in total. The number of aromatic nitrogens is 1. The summed E-state index contributed by atoms with van der Waals surface area (Å²) in [6.07, 6.45) is 6.84. The first-order valence-corrected chi connectivity index (χ1v) is 7.72. The Balaban J connectivity index is 2.17. The highest BCUT2D eigenvalue weighted by Gasteiger charge is 2.18. The second-order valence-electron chi connectivity index (χ2n) is 6.02. The number of pyridine rings is 1. The molecule has 1 atom stereocenters. The maximum absolute atomic E-state index is 12.5. The molecule has 0 radical (unpaired) electrons. The van der Waals surface area contributed by atoms with Crippen LogP contribution in [0, 0.1) is 0 Å². The van der Waals surface area contributed by atoms with Gasteiger partial charge in [-0.1, -0.05) is 25.5 Å². The van der Waals surface area contributed by atoms with Crippen molar-refractivity contribution >= 4 is 5.91 Å². The molecule has 0 saturated heterocycles. The standard InChI is InChI=1S/C17H24N2O2/c1-11(2)16-14(9-10-15(20)19-16)17(21)18-12(3)13-7-5-4-6-8-13/h7,9-12H,4-6,8H2,1-3H3,(H,18,21)(H,19,20). The lowest BCUT2D eigenvalue weighted by atomic mass is 9.94. The highest BCUT2D eigenvalue weighted by Crippen LogP contribution is 2.21.